The molecule has 0 saturated heterocycles. The number of hydrogen-bond donors (Lipinski definition) is 1. The summed E-state index contributed by atoms with van der Waals surface area (Å²) >= 11 is 1.38. The maximum absolute atomic E-state index is 13.2. The van der Waals surface area contributed by atoms with Gasteiger partial charge in [-0.05, 0) is 23.1 Å². The molecule has 5 rings (SSSR count). The van der Waals surface area contributed by atoms with E-state index in [2.05, 4.69) is 34.6 Å². The second-order valence-electron chi connectivity index (χ2n) is 8.00. The van der Waals surface area contributed by atoms with E-state index in [-0.39, 0.29) is 17.0 Å². The molecular weight excluding hydrogens is 442 g/mol. The van der Waals surface area contributed by atoms with Crippen molar-refractivity contribution in [2.45, 2.75) is 12.3 Å². The Bertz CT molecular complexity index is 1420. The lowest BCUT2D eigenvalue weighted by Crippen LogP contribution is -2.32. The highest BCUT2D eigenvalue weighted by atomic mass is 32.1. The lowest BCUT2D eigenvalue weighted by Gasteiger charge is -2.18. The summed E-state index contributed by atoms with van der Waals surface area (Å²) < 4.78 is 1.52. The Hall–Kier alpha value is -4.03. The van der Waals surface area contributed by atoms with Crippen LogP contribution in [0.1, 0.15) is 33.8 Å². The molecule has 34 heavy (non-hydrogen) atoms. The number of amides is 1. The molecule has 0 radical (unpaired) electrons. The second-order valence-corrected chi connectivity index (χ2v) is 8.84. The molecule has 3 aromatic carbocycles. The summed E-state index contributed by atoms with van der Waals surface area (Å²) in [5, 5.41) is 4.83. The van der Waals surface area contributed by atoms with E-state index in [1.165, 1.54) is 33.1 Å². The molecule has 0 aliphatic heterocycles. The summed E-state index contributed by atoms with van der Waals surface area (Å²) in [4.78, 5) is 31.1. The Balaban J connectivity index is 1.37. The van der Waals surface area contributed by atoms with E-state index in [0.717, 1.165) is 11.3 Å². The van der Waals surface area contributed by atoms with Crippen molar-refractivity contribution in [2.75, 3.05) is 6.54 Å². The summed E-state index contributed by atoms with van der Waals surface area (Å²) in [6.45, 7) is 0.435. The van der Waals surface area contributed by atoms with Crippen molar-refractivity contribution in [3.63, 3.8) is 0 Å². The van der Waals surface area contributed by atoms with Gasteiger partial charge in [0.05, 0.1) is 5.69 Å². The summed E-state index contributed by atoms with van der Waals surface area (Å²) in [5.74, 6) is -0.261. The predicted molar refractivity (Wildman–Crippen MR) is 136 cm³/mol. The molecule has 2 aromatic heterocycles. The van der Waals surface area contributed by atoms with Gasteiger partial charge in [0.1, 0.15) is 5.56 Å². The Kier molecular flexibility index (Phi) is 6.31. The molecule has 0 aliphatic rings. The van der Waals surface area contributed by atoms with Crippen molar-refractivity contribution in [2.24, 2.45) is 0 Å². The molecule has 1 N–H and O–H groups in total. The highest BCUT2D eigenvalue weighted by Crippen LogP contribution is 2.27. The molecule has 5 nitrogen and oxygen atoms in total. The minimum absolute atomic E-state index is 0.0454. The van der Waals surface area contributed by atoms with E-state index < -0.39 is 5.91 Å². The molecule has 0 fully saturated rings. The van der Waals surface area contributed by atoms with Gasteiger partial charge in [0.2, 0.25) is 0 Å². The first-order valence-corrected chi connectivity index (χ1v) is 12.0. The zero-order chi connectivity index (χ0) is 23.3. The minimum Gasteiger partial charge on any atom is -0.352 e. The molecule has 0 bridgehead atoms. The van der Waals surface area contributed by atoms with E-state index >= 15 is 0 Å². The molecule has 0 saturated carbocycles. The first-order valence-electron chi connectivity index (χ1n) is 11.1. The third-order valence-electron chi connectivity index (χ3n) is 5.88. The van der Waals surface area contributed by atoms with E-state index in [0.29, 0.717) is 17.9 Å². The lowest BCUT2D eigenvalue weighted by molar-refractivity contribution is 0.0951. The predicted octanol–water partition coefficient (Wildman–Crippen LogP) is 5.38. The fourth-order valence-corrected chi connectivity index (χ4v) is 5.04. The number of carbonyl (C=O) groups excluding carboxylic acids is 1. The van der Waals surface area contributed by atoms with Gasteiger partial charge in [-0.1, -0.05) is 91.0 Å². The molecule has 6 heteroatoms. The van der Waals surface area contributed by atoms with Gasteiger partial charge in [0.25, 0.3) is 11.5 Å². The number of carbonyl (C=O) groups is 1. The molecule has 168 valence electrons. The third kappa shape index (κ3) is 4.40. The SMILES string of the molecule is O=C(NCCC(c1ccccc1)c1ccccc1)c1cnc2scc(-c3ccccc3)n2c1=O. The number of aromatic nitrogens is 2. The largest absolute Gasteiger partial charge is 0.352 e. The van der Waals surface area contributed by atoms with Crippen molar-refractivity contribution in [3.05, 3.63) is 130 Å². The van der Waals surface area contributed by atoms with Gasteiger partial charge in [-0.2, -0.15) is 0 Å². The van der Waals surface area contributed by atoms with Crippen LogP contribution >= 0.6 is 11.3 Å². The van der Waals surface area contributed by atoms with E-state index in [4.69, 9.17) is 0 Å². The Morgan fingerprint density at radius 1 is 0.882 bits per heavy atom. The van der Waals surface area contributed by atoms with Gasteiger partial charge >= 0.3 is 0 Å². The number of thiazole rings is 1. The van der Waals surface area contributed by atoms with Crippen LogP contribution in [0, 0.1) is 0 Å². The van der Waals surface area contributed by atoms with Crippen LogP contribution in [0.5, 0.6) is 0 Å². The van der Waals surface area contributed by atoms with Crippen LogP contribution in [0.4, 0.5) is 0 Å². The molecule has 0 spiro atoms. The van der Waals surface area contributed by atoms with Crippen LogP contribution < -0.4 is 10.9 Å². The topological polar surface area (TPSA) is 63.5 Å². The van der Waals surface area contributed by atoms with Crippen LogP contribution in [0.3, 0.4) is 0 Å². The average Bonchev–Trinajstić information content (AvgIpc) is 3.33. The van der Waals surface area contributed by atoms with Gasteiger partial charge in [0.15, 0.2) is 4.96 Å². The number of benzene rings is 3. The quantitative estimate of drug-likeness (QED) is 0.351. The molecule has 0 unspecified atom stereocenters. The van der Waals surface area contributed by atoms with Crippen LogP contribution in [-0.2, 0) is 0 Å². The van der Waals surface area contributed by atoms with Gasteiger partial charge < -0.3 is 5.32 Å². The highest BCUT2D eigenvalue weighted by Gasteiger charge is 2.18. The number of nitrogens with one attached hydrogen (secondary N) is 1. The van der Waals surface area contributed by atoms with Crippen molar-refractivity contribution in [3.8, 4) is 11.3 Å². The smallest absolute Gasteiger partial charge is 0.271 e. The molecule has 0 atom stereocenters. The third-order valence-corrected chi connectivity index (χ3v) is 6.72. The zero-order valence-corrected chi connectivity index (χ0v) is 19.2. The first kappa shape index (κ1) is 21.8. The van der Waals surface area contributed by atoms with Gasteiger partial charge in [0, 0.05) is 24.0 Å². The fourth-order valence-electron chi connectivity index (χ4n) is 4.18. The van der Waals surface area contributed by atoms with Crippen molar-refractivity contribution in [1.29, 1.82) is 0 Å². The Morgan fingerprint density at radius 2 is 1.47 bits per heavy atom. The summed E-state index contributed by atoms with van der Waals surface area (Å²) in [6.07, 6.45) is 2.09. The maximum atomic E-state index is 13.2. The van der Waals surface area contributed by atoms with Crippen LogP contribution in [0.15, 0.2) is 107 Å². The van der Waals surface area contributed by atoms with Crippen LogP contribution in [-0.4, -0.2) is 21.8 Å². The van der Waals surface area contributed by atoms with Gasteiger partial charge in [-0.25, -0.2) is 4.98 Å². The average molecular weight is 466 g/mol. The highest BCUT2D eigenvalue weighted by molar-refractivity contribution is 7.15. The monoisotopic (exact) mass is 465 g/mol. The Morgan fingerprint density at radius 3 is 2.09 bits per heavy atom. The standard InChI is InChI=1S/C28H23N3O2S/c32-26(29-17-16-23(20-10-4-1-5-11-20)21-12-6-2-7-13-21)24-18-30-28-31(27(24)33)25(19-34-28)22-14-8-3-9-15-22/h1-15,18-19,23H,16-17H2,(H,29,32). The maximum Gasteiger partial charge on any atom is 0.271 e. The first-order chi connectivity index (χ1) is 16.7. The molecule has 1 amide bonds. The van der Waals surface area contributed by atoms with E-state index in [1.807, 2.05) is 72.1 Å². The van der Waals surface area contributed by atoms with Crippen molar-refractivity contribution in [1.82, 2.24) is 14.7 Å². The minimum atomic E-state index is -0.406. The fraction of sp³-hybridized carbons (Fsp3) is 0.107. The normalized spacial score (nSPS) is 11.1. The van der Waals surface area contributed by atoms with Crippen molar-refractivity contribution >= 4 is 22.2 Å². The van der Waals surface area contributed by atoms with E-state index in [9.17, 15) is 9.59 Å². The van der Waals surface area contributed by atoms with E-state index in [1.54, 1.807) is 0 Å². The second kappa shape index (κ2) is 9.85. The Labute approximate surface area is 201 Å². The molecule has 2 heterocycles. The van der Waals surface area contributed by atoms with Gasteiger partial charge in [-0.3, -0.25) is 14.0 Å². The number of rotatable bonds is 7. The zero-order valence-electron chi connectivity index (χ0n) is 18.4. The number of nitrogens with zero attached hydrogens (tertiary/aromatic N) is 2. The summed E-state index contributed by atoms with van der Waals surface area (Å²) in [5.41, 5.74) is 3.72. The van der Waals surface area contributed by atoms with Crippen LogP contribution in [0.2, 0.25) is 0 Å². The summed E-state index contributed by atoms with van der Waals surface area (Å²) in [7, 11) is 0. The molecule has 0 aliphatic carbocycles. The lowest BCUT2D eigenvalue weighted by atomic mass is 9.88. The van der Waals surface area contributed by atoms with Crippen molar-refractivity contribution < 1.29 is 4.79 Å². The molecular formula is C28H23N3O2S. The number of hydrogen-bond acceptors (Lipinski definition) is 4. The summed E-state index contributed by atoms with van der Waals surface area (Å²) in [6, 6.07) is 30.1. The number of fused-ring (bicyclic) bond motifs is 1. The molecule has 5 aromatic rings. The van der Waals surface area contributed by atoms with Gasteiger partial charge in [-0.15, -0.1) is 11.3 Å². The van der Waals surface area contributed by atoms with Crippen LogP contribution in [0.25, 0.3) is 16.2 Å².